The first-order valence-corrected chi connectivity index (χ1v) is 9.10. The van der Waals surface area contributed by atoms with Crippen LogP contribution in [0.1, 0.15) is 5.56 Å². The molecule has 0 atom stereocenters. The summed E-state index contributed by atoms with van der Waals surface area (Å²) >= 11 is 1.45. The van der Waals surface area contributed by atoms with Crippen LogP contribution in [0.5, 0.6) is 11.5 Å². The molecular weight excluding hydrogens is 348 g/mol. The number of anilines is 1. The first-order chi connectivity index (χ1) is 12.7. The number of ether oxygens (including phenoxy) is 2. The van der Waals surface area contributed by atoms with E-state index in [0.29, 0.717) is 24.9 Å². The van der Waals surface area contributed by atoms with Crippen molar-refractivity contribution in [3.63, 3.8) is 0 Å². The third-order valence-corrected chi connectivity index (χ3v) is 4.81. The largest absolute Gasteiger partial charge is 0.486 e. The molecule has 2 aromatic heterocycles. The summed E-state index contributed by atoms with van der Waals surface area (Å²) in [6.07, 6.45) is 0. The van der Waals surface area contributed by atoms with E-state index in [1.165, 1.54) is 11.3 Å². The first kappa shape index (κ1) is 16.5. The van der Waals surface area contributed by atoms with Gasteiger partial charge in [-0.25, -0.2) is 15.0 Å². The molecular formula is C19H18N4O2S. The Hall–Kier alpha value is -2.93. The van der Waals surface area contributed by atoms with Gasteiger partial charge >= 0.3 is 0 Å². The lowest BCUT2D eigenvalue weighted by Gasteiger charge is -2.22. The predicted molar refractivity (Wildman–Crippen MR) is 104 cm³/mol. The summed E-state index contributed by atoms with van der Waals surface area (Å²) in [5, 5.41) is 2.59. The van der Waals surface area contributed by atoms with Gasteiger partial charge in [-0.05, 0) is 36.5 Å². The Morgan fingerprint density at radius 2 is 1.96 bits per heavy atom. The second-order valence-electron chi connectivity index (χ2n) is 5.89. The SMILES string of the molecule is C=Nc1nc(-c2cccc(N(C)Cc3ccc4c(c3)OCCO4)n2)cs1. The maximum absolute atomic E-state index is 5.66. The summed E-state index contributed by atoms with van der Waals surface area (Å²) in [6.45, 7) is 5.41. The molecule has 0 amide bonds. The Bertz CT molecular complexity index is 941. The van der Waals surface area contributed by atoms with Crippen molar-refractivity contribution >= 4 is 29.0 Å². The van der Waals surface area contributed by atoms with Crippen LogP contribution in [0, 0.1) is 0 Å². The average molecular weight is 366 g/mol. The average Bonchev–Trinajstić information content (AvgIpc) is 3.17. The molecule has 0 bridgehead atoms. The van der Waals surface area contributed by atoms with E-state index in [1.807, 2.05) is 42.8 Å². The number of rotatable bonds is 5. The number of aliphatic imine (C=N–C) groups is 1. The van der Waals surface area contributed by atoms with E-state index in [1.54, 1.807) is 0 Å². The fraction of sp³-hybridized carbons (Fsp3) is 0.211. The fourth-order valence-electron chi connectivity index (χ4n) is 2.77. The Morgan fingerprint density at radius 1 is 1.12 bits per heavy atom. The van der Waals surface area contributed by atoms with E-state index in [-0.39, 0.29) is 0 Å². The van der Waals surface area contributed by atoms with Crippen molar-refractivity contribution < 1.29 is 9.47 Å². The number of pyridine rings is 1. The molecule has 0 aliphatic carbocycles. The zero-order chi connectivity index (χ0) is 17.9. The maximum Gasteiger partial charge on any atom is 0.209 e. The molecule has 3 aromatic rings. The zero-order valence-corrected chi connectivity index (χ0v) is 15.2. The summed E-state index contributed by atoms with van der Waals surface area (Å²) in [5.41, 5.74) is 2.77. The molecule has 1 aliphatic heterocycles. The molecule has 132 valence electrons. The fourth-order valence-corrected chi connectivity index (χ4v) is 3.39. The van der Waals surface area contributed by atoms with E-state index in [9.17, 15) is 0 Å². The highest BCUT2D eigenvalue weighted by Crippen LogP contribution is 2.31. The van der Waals surface area contributed by atoms with Gasteiger partial charge in [-0.15, -0.1) is 11.3 Å². The number of fused-ring (bicyclic) bond motifs is 1. The Morgan fingerprint density at radius 3 is 2.77 bits per heavy atom. The van der Waals surface area contributed by atoms with E-state index in [0.717, 1.165) is 34.3 Å². The van der Waals surface area contributed by atoms with Crippen LogP contribution in [-0.4, -0.2) is 36.9 Å². The summed E-state index contributed by atoms with van der Waals surface area (Å²) in [4.78, 5) is 15.1. The lowest BCUT2D eigenvalue weighted by Crippen LogP contribution is -2.19. The number of hydrogen-bond acceptors (Lipinski definition) is 7. The van der Waals surface area contributed by atoms with Gasteiger partial charge in [-0.3, -0.25) is 0 Å². The molecule has 3 heterocycles. The number of aromatic nitrogens is 2. The molecule has 0 N–H and O–H groups in total. The monoisotopic (exact) mass is 366 g/mol. The minimum atomic E-state index is 0.588. The van der Waals surface area contributed by atoms with Gasteiger partial charge in [0.2, 0.25) is 5.13 Å². The highest BCUT2D eigenvalue weighted by atomic mass is 32.1. The minimum Gasteiger partial charge on any atom is -0.486 e. The summed E-state index contributed by atoms with van der Waals surface area (Å²) in [7, 11) is 2.01. The highest BCUT2D eigenvalue weighted by Gasteiger charge is 2.13. The second-order valence-corrected chi connectivity index (χ2v) is 6.73. The maximum atomic E-state index is 5.66. The van der Waals surface area contributed by atoms with Crippen molar-refractivity contribution in [2.24, 2.45) is 4.99 Å². The van der Waals surface area contributed by atoms with Crippen molar-refractivity contribution in [2.75, 3.05) is 25.2 Å². The van der Waals surface area contributed by atoms with E-state index >= 15 is 0 Å². The third-order valence-electron chi connectivity index (χ3n) is 4.04. The molecule has 4 rings (SSSR count). The zero-order valence-electron chi connectivity index (χ0n) is 14.4. The molecule has 1 aliphatic rings. The number of hydrogen-bond donors (Lipinski definition) is 0. The predicted octanol–water partition coefficient (Wildman–Crippen LogP) is 3.94. The Balaban J connectivity index is 1.54. The molecule has 0 saturated heterocycles. The van der Waals surface area contributed by atoms with Crippen LogP contribution in [0.25, 0.3) is 11.4 Å². The van der Waals surface area contributed by atoms with E-state index in [4.69, 9.17) is 14.5 Å². The number of benzene rings is 1. The summed E-state index contributed by atoms with van der Waals surface area (Å²) < 4.78 is 11.2. The van der Waals surface area contributed by atoms with Crippen LogP contribution in [-0.2, 0) is 6.54 Å². The van der Waals surface area contributed by atoms with E-state index in [2.05, 4.69) is 27.7 Å². The van der Waals surface area contributed by atoms with Gasteiger partial charge < -0.3 is 14.4 Å². The Labute approximate surface area is 155 Å². The van der Waals surface area contributed by atoms with Gasteiger partial charge in [-0.1, -0.05) is 12.1 Å². The van der Waals surface area contributed by atoms with Crippen molar-refractivity contribution in [1.82, 2.24) is 9.97 Å². The van der Waals surface area contributed by atoms with Crippen molar-refractivity contribution in [2.45, 2.75) is 6.54 Å². The number of nitrogens with zero attached hydrogens (tertiary/aromatic N) is 4. The van der Waals surface area contributed by atoms with Gasteiger partial charge in [0.1, 0.15) is 24.7 Å². The summed E-state index contributed by atoms with van der Waals surface area (Å²) in [6, 6.07) is 12.0. The normalized spacial score (nSPS) is 12.7. The van der Waals surface area contributed by atoms with Crippen molar-refractivity contribution in [1.29, 1.82) is 0 Å². The van der Waals surface area contributed by atoms with Gasteiger partial charge in [0.05, 0.1) is 5.69 Å². The molecule has 0 saturated carbocycles. The standard InChI is InChI=1S/C19H18N4O2S/c1-20-19-22-15(12-26-19)14-4-3-5-18(21-14)23(2)11-13-6-7-16-17(10-13)25-9-8-24-16/h3-7,10,12H,1,8-9,11H2,2H3. The lowest BCUT2D eigenvalue weighted by molar-refractivity contribution is 0.171. The molecule has 1 aromatic carbocycles. The molecule has 7 heteroatoms. The van der Waals surface area contributed by atoms with Crippen LogP contribution < -0.4 is 14.4 Å². The molecule has 6 nitrogen and oxygen atoms in total. The second kappa shape index (κ2) is 7.13. The minimum absolute atomic E-state index is 0.588. The van der Waals surface area contributed by atoms with Gasteiger partial charge in [0.15, 0.2) is 11.5 Å². The topological polar surface area (TPSA) is 59.8 Å². The first-order valence-electron chi connectivity index (χ1n) is 8.22. The quantitative estimate of drug-likeness (QED) is 0.640. The Kier molecular flexibility index (Phi) is 4.53. The van der Waals surface area contributed by atoms with Crippen molar-refractivity contribution in [3.8, 4) is 22.9 Å². The van der Waals surface area contributed by atoms with Crippen LogP contribution >= 0.6 is 11.3 Å². The third kappa shape index (κ3) is 3.39. The summed E-state index contributed by atoms with van der Waals surface area (Å²) in [5.74, 6) is 2.48. The molecule has 0 radical (unpaired) electrons. The van der Waals surface area contributed by atoms with Crippen LogP contribution in [0.3, 0.4) is 0 Å². The van der Waals surface area contributed by atoms with Crippen LogP contribution in [0.2, 0.25) is 0 Å². The molecule has 0 fully saturated rings. The van der Waals surface area contributed by atoms with Crippen LogP contribution in [0.15, 0.2) is 46.8 Å². The molecule has 0 unspecified atom stereocenters. The van der Waals surface area contributed by atoms with Gasteiger partial charge in [0.25, 0.3) is 0 Å². The van der Waals surface area contributed by atoms with Crippen LogP contribution in [0.4, 0.5) is 10.9 Å². The lowest BCUT2D eigenvalue weighted by atomic mass is 10.2. The number of thiazole rings is 1. The van der Waals surface area contributed by atoms with Gasteiger partial charge in [-0.2, -0.15) is 0 Å². The van der Waals surface area contributed by atoms with Crippen molar-refractivity contribution in [3.05, 3.63) is 47.3 Å². The highest BCUT2D eigenvalue weighted by molar-refractivity contribution is 7.13. The van der Waals surface area contributed by atoms with Gasteiger partial charge in [0, 0.05) is 19.0 Å². The smallest absolute Gasteiger partial charge is 0.209 e. The molecule has 0 spiro atoms. The van der Waals surface area contributed by atoms with E-state index < -0.39 is 0 Å². The molecule has 26 heavy (non-hydrogen) atoms.